The molecule has 1 aliphatic carbocycles. The summed E-state index contributed by atoms with van der Waals surface area (Å²) in [5.41, 5.74) is 3.06. The molecule has 0 fully saturated rings. The second kappa shape index (κ2) is 4.13. The van der Waals surface area contributed by atoms with Crippen LogP contribution < -0.4 is 5.32 Å². The van der Waals surface area contributed by atoms with Crippen molar-refractivity contribution in [2.75, 3.05) is 5.32 Å². The Labute approximate surface area is 108 Å². The number of fused-ring (bicyclic) bond motifs is 1. The minimum absolute atomic E-state index is 0.147. The summed E-state index contributed by atoms with van der Waals surface area (Å²) in [7, 11) is 0. The summed E-state index contributed by atoms with van der Waals surface area (Å²) in [5.74, 6) is 0.961. The van der Waals surface area contributed by atoms with Gasteiger partial charge in [0.15, 0.2) is 0 Å². The van der Waals surface area contributed by atoms with Crippen molar-refractivity contribution < 1.29 is 0 Å². The third kappa shape index (κ3) is 1.78. The van der Waals surface area contributed by atoms with Crippen molar-refractivity contribution in [3.8, 4) is 0 Å². The Morgan fingerprint density at radius 2 is 1.89 bits per heavy atom. The van der Waals surface area contributed by atoms with Crippen LogP contribution in [0.2, 0.25) is 0 Å². The molecular formula is C16H18N2. The van der Waals surface area contributed by atoms with E-state index in [0.717, 1.165) is 12.2 Å². The van der Waals surface area contributed by atoms with Crippen LogP contribution in [0.5, 0.6) is 0 Å². The molecule has 1 heterocycles. The van der Waals surface area contributed by atoms with Gasteiger partial charge in [0.1, 0.15) is 5.82 Å². The quantitative estimate of drug-likeness (QED) is 0.867. The molecule has 0 bridgehead atoms. The smallest absolute Gasteiger partial charge is 0.126 e. The van der Waals surface area contributed by atoms with Crippen molar-refractivity contribution in [2.45, 2.75) is 31.7 Å². The van der Waals surface area contributed by atoms with Gasteiger partial charge in [-0.15, -0.1) is 0 Å². The van der Waals surface area contributed by atoms with Gasteiger partial charge in [-0.05, 0) is 29.7 Å². The van der Waals surface area contributed by atoms with Crippen LogP contribution in [0.3, 0.4) is 0 Å². The highest BCUT2D eigenvalue weighted by Gasteiger charge is 2.39. The molecule has 1 aromatic heterocycles. The Balaban J connectivity index is 1.89. The topological polar surface area (TPSA) is 24.9 Å². The monoisotopic (exact) mass is 238 g/mol. The second-order valence-corrected chi connectivity index (χ2v) is 5.49. The molecule has 3 rings (SSSR count). The largest absolute Gasteiger partial charge is 0.366 e. The number of anilines is 1. The van der Waals surface area contributed by atoms with Crippen LogP contribution in [0.25, 0.3) is 0 Å². The summed E-state index contributed by atoms with van der Waals surface area (Å²) in [4.78, 5) is 4.36. The average molecular weight is 238 g/mol. The summed E-state index contributed by atoms with van der Waals surface area (Å²) >= 11 is 0. The lowest BCUT2D eigenvalue weighted by atomic mass is 9.83. The molecule has 2 aromatic rings. The Morgan fingerprint density at radius 1 is 1.11 bits per heavy atom. The van der Waals surface area contributed by atoms with Crippen molar-refractivity contribution in [1.29, 1.82) is 0 Å². The molecule has 2 heteroatoms. The van der Waals surface area contributed by atoms with Crippen molar-refractivity contribution in [2.24, 2.45) is 0 Å². The van der Waals surface area contributed by atoms with Gasteiger partial charge in [0.2, 0.25) is 0 Å². The van der Waals surface area contributed by atoms with Crippen molar-refractivity contribution >= 4 is 5.82 Å². The molecule has 1 unspecified atom stereocenters. The maximum absolute atomic E-state index is 4.36. The molecular weight excluding hydrogens is 220 g/mol. The van der Waals surface area contributed by atoms with E-state index in [1.807, 2.05) is 24.4 Å². The van der Waals surface area contributed by atoms with E-state index in [9.17, 15) is 0 Å². The van der Waals surface area contributed by atoms with Gasteiger partial charge in [-0.3, -0.25) is 0 Å². The van der Waals surface area contributed by atoms with Gasteiger partial charge in [-0.2, -0.15) is 0 Å². The number of nitrogens with zero attached hydrogens (tertiary/aromatic N) is 1. The zero-order valence-electron chi connectivity index (χ0n) is 10.9. The first-order valence-corrected chi connectivity index (χ1v) is 6.44. The first kappa shape index (κ1) is 11.3. The molecule has 18 heavy (non-hydrogen) atoms. The van der Waals surface area contributed by atoms with Gasteiger partial charge in [0, 0.05) is 17.7 Å². The molecule has 92 valence electrons. The normalized spacial score (nSPS) is 20.4. The van der Waals surface area contributed by atoms with Crippen molar-refractivity contribution in [3.05, 3.63) is 59.8 Å². The Kier molecular flexibility index (Phi) is 2.58. The van der Waals surface area contributed by atoms with E-state index in [0.29, 0.717) is 6.04 Å². The lowest BCUT2D eigenvalue weighted by molar-refractivity contribution is 0.469. The van der Waals surface area contributed by atoms with E-state index in [1.165, 1.54) is 11.1 Å². The fourth-order valence-corrected chi connectivity index (χ4v) is 2.85. The minimum atomic E-state index is 0.147. The zero-order chi connectivity index (χ0) is 12.6. The Morgan fingerprint density at radius 3 is 2.61 bits per heavy atom. The van der Waals surface area contributed by atoms with Gasteiger partial charge in [0.25, 0.3) is 0 Å². The Bertz CT molecular complexity index is 546. The second-order valence-electron chi connectivity index (χ2n) is 5.49. The van der Waals surface area contributed by atoms with E-state index in [1.54, 1.807) is 0 Å². The number of aromatic nitrogens is 1. The molecule has 0 aliphatic heterocycles. The van der Waals surface area contributed by atoms with Crippen LogP contribution in [0.4, 0.5) is 5.82 Å². The summed E-state index contributed by atoms with van der Waals surface area (Å²) in [6, 6.07) is 15.1. The summed E-state index contributed by atoms with van der Waals surface area (Å²) in [5, 5.41) is 3.57. The van der Waals surface area contributed by atoms with Crippen molar-refractivity contribution in [3.63, 3.8) is 0 Å². The van der Waals surface area contributed by atoms with Crippen LogP contribution >= 0.6 is 0 Å². The third-order valence-electron chi connectivity index (χ3n) is 3.99. The van der Waals surface area contributed by atoms with E-state index < -0.39 is 0 Å². The average Bonchev–Trinajstić information content (AvgIpc) is 2.63. The number of benzene rings is 1. The summed E-state index contributed by atoms with van der Waals surface area (Å²) in [6.45, 7) is 4.61. The standard InChI is InChI=1S/C16H18N2/c1-16(2)13-8-4-3-7-12(13)11-14(16)18-15-9-5-6-10-17-15/h3-10,14H,11H2,1-2H3,(H,17,18). The molecule has 2 nitrogen and oxygen atoms in total. The number of rotatable bonds is 2. The SMILES string of the molecule is CC1(C)c2ccccc2CC1Nc1ccccn1. The number of nitrogens with one attached hydrogen (secondary N) is 1. The first-order valence-electron chi connectivity index (χ1n) is 6.44. The van der Waals surface area contributed by atoms with E-state index >= 15 is 0 Å². The third-order valence-corrected chi connectivity index (χ3v) is 3.99. The first-order chi connectivity index (χ1) is 8.68. The fourth-order valence-electron chi connectivity index (χ4n) is 2.85. The van der Waals surface area contributed by atoms with Gasteiger partial charge in [-0.25, -0.2) is 4.98 Å². The maximum Gasteiger partial charge on any atom is 0.126 e. The highest BCUT2D eigenvalue weighted by Crippen LogP contribution is 2.39. The fraction of sp³-hybridized carbons (Fsp3) is 0.312. The molecule has 1 atom stereocenters. The number of hydrogen-bond acceptors (Lipinski definition) is 2. The zero-order valence-corrected chi connectivity index (χ0v) is 10.9. The molecule has 1 aromatic carbocycles. The predicted octanol–water partition coefficient (Wildman–Crippen LogP) is 3.40. The van der Waals surface area contributed by atoms with Crippen LogP contribution in [0, 0.1) is 0 Å². The van der Waals surface area contributed by atoms with Crippen LogP contribution in [0.15, 0.2) is 48.7 Å². The predicted molar refractivity (Wildman–Crippen MR) is 74.8 cm³/mol. The van der Waals surface area contributed by atoms with Crippen molar-refractivity contribution in [1.82, 2.24) is 4.98 Å². The van der Waals surface area contributed by atoms with Crippen LogP contribution in [-0.2, 0) is 11.8 Å². The number of hydrogen-bond donors (Lipinski definition) is 1. The van der Waals surface area contributed by atoms with Gasteiger partial charge >= 0.3 is 0 Å². The molecule has 0 saturated heterocycles. The van der Waals surface area contributed by atoms with E-state index in [2.05, 4.69) is 48.4 Å². The molecule has 0 saturated carbocycles. The van der Waals surface area contributed by atoms with Crippen LogP contribution in [0.1, 0.15) is 25.0 Å². The molecule has 0 radical (unpaired) electrons. The van der Waals surface area contributed by atoms with E-state index in [-0.39, 0.29) is 5.41 Å². The van der Waals surface area contributed by atoms with Gasteiger partial charge in [-0.1, -0.05) is 44.2 Å². The maximum atomic E-state index is 4.36. The highest BCUT2D eigenvalue weighted by molar-refractivity contribution is 5.46. The lowest BCUT2D eigenvalue weighted by Crippen LogP contribution is -2.36. The lowest BCUT2D eigenvalue weighted by Gasteiger charge is -2.29. The summed E-state index contributed by atoms with van der Waals surface area (Å²) < 4.78 is 0. The van der Waals surface area contributed by atoms with Crippen LogP contribution in [-0.4, -0.2) is 11.0 Å². The van der Waals surface area contributed by atoms with Gasteiger partial charge in [0.05, 0.1) is 0 Å². The number of pyridine rings is 1. The molecule has 0 spiro atoms. The highest BCUT2D eigenvalue weighted by atomic mass is 15.0. The van der Waals surface area contributed by atoms with E-state index in [4.69, 9.17) is 0 Å². The minimum Gasteiger partial charge on any atom is -0.366 e. The summed E-state index contributed by atoms with van der Waals surface area (Å²) in [6.07, 6.45) is 2.90. The molecule has 1 N–H and O–H groups in total. The Hall–Kier alpha value is -1.83. The van der Waals surface area contributed by atoms with Gasteiger partial charge < -0.3 is 5.32 Å². The molecule has 1 aliphatic rings. The molecule has 0 amide bonds.